The van der Waals surface area contributed by atoms with Crippen molar-refractivity contribution >= 4 is 29.9 Å². The number of nitrogens with one attached hydrogen (secondary N) is 1. The predicted octanol–water partition coefficient (Wildman–Crippen LogP) is 3.17. The van der Waals surface area contributed by atoms with Crippen LogP contribution in [-0.2, 0) is 6.42 Å². The van der Waals surface area contributed by atoms with Gasteiger partial charge in [0.05, 0.1) is 0 Å². The molecule has 4 nitrogen and oxygen atoms in total. The molecule has 1 aliphatic rings. The third-order valence-electron chi connectivity index (χ3n) is 4.13. The molecule has 5 heteroatoms. The molecule has 1 fully saturated rings. The summed E-state index contributed by atoms with van der Waals surface area (Å²) in [7, 11) is 1.85. The normalized spacial score (nSPS) is 16.2. The zero-order valence-electron chi connectivity index (χ0n) is 14.8. The minimum atomic E-state index is 0. The molecule has 0 aromatic heterocycles. The van der Waals surface area contributed by atoms with Gasteiger partial charge in [0.2, 0.25) is 0 Å². The largest absolute Gasteiger partial charge is 0.481 e. The summed E-state index contributed by atoms with van der Waals surface area (Å²) in [4.78, 5) is 6.75. The van der Waals surface area contributed by atoms with E-state index in [2.05, 4.69) is 47.1 Å². The van der Waals surface area contributed by atoms with E-state index in [9.17, 15) is 0 Å². The van der Waals surface area contributed by atoms with Crippen LogP contribution >= 0.6 is 24.0 Å². The number of guanidine groups is 1. The lowest BCUT2D eigenvalue weighted by atomic mass is 9.93. The van der Waals surface area contributed by atoms with Gasteiger partial charge in [-0.1, -0.05) is 31.9 Å². The van der Waals surface area contributed by atoms with E-state index in [1.807, 2.05) is 19.2 Å². The second kappa shape index (κ2) is 9.77. The fourth-order valence-electron chi connectivity index (χ4n) is 2.82. The number of nitrogens with zero attached hydrogens (tertiary/aromatic N) is 2. The zero-order chi connectivity index (χ0) is 16.7. The smallest absolute Gasteiger partial charge is 0.193 e. The van der Waals surface area contributed by atoms with E-state index in [-0.39, 0.29) is 24.0 Å². The number of likely N-dealkylation sites (tertiary alicyclic amines) is 1. The Morgan fingerprint density at radius 1 is 1.38 bits per heavy atom. The highest BCUT2D eigenvalue weighted by molar-refractivity contribution is 14.0. The van der Waals surface area contributed by atoms with Crippen LogP contribution < -0.4 is 10.1 Å². The fourth-order valence-corrected chi connectivity index (χ4v) is 2.82. The number of aliphatic imine (C=N–C) groups is 1. The molecular weight excluding hydrogens is 413 g/mol. The zero-order valence-corrected chi connectivity index (χ0v) is 17.2. The standard InChI is InChI=1S/C19H27N3O.HI/c1-5-14-23-17-8-6-16(7-9-17)10-12-21-18(20-4)22-13-11-19(2,3)15-22;/h1,6-9H,10-15H2,2-4H3,(H,20,21);1H. The lowest BCUT2D eigenvalue weighted by Gasteiger charge is -2.23. The van der Waals surface area contributed by atoms with Crippen molar-refractivity contribution < 1.29 is 4.74 Å². The van der Waals surface area contributed by atoms with Gasteiger partial charge in [-0.3, -0.25) is 4.99 Å². The van der Waals surface area contributed by atoms with Gasteiger partial charge in [-0.25, -0.2) is 0 Å². The Morgan fingerprint density at radius 2 is 2.08 bits per heavy atom. The van der Waals surface area contributed by atoms with E-state index >= 15 is 0 Å². The summed E-state index contributed by atoms with van der Waals surface area (Å²) >= 11 is 0. The molecule has 132 valence electrons. The highest BCUT2D eigenvalue weighted by Gasteiger charge is 2.30. The molecule has 0 radical (unpaired) electrons. The quantitative estimate of drug-likeness (QED) is 0.330. The Labute approximate surface area is 163 Å². The van der Waals surface area contributed by atoms with Gasteiger partial charge in [0.25, 0.3) is 0 Å². The number of halogens is 1. The van der Waals surface area contributed by atoms with Crippen molar-refractivity contribution in [2.24, 2.45) is 10.4 Å². The van der Waals surface area contributed by atoms with Crippen LogP contribution in [0.15, 0.2) is 29.3 Å². The van der Waals surface area contributed by atoms with Crippen molar-refractivity contribution in [3.63, 3.8) is 0 Å². The first kappa shape index (κ1) is 20.6. The van der Waals surface area contributed by atoms with E-state index in [1.165, 1.54) is 12.0 Å². The first-order valence-electron chi connectivity index (χ1n) is 8.15. The molecule has 1 saturated heterocycles. The van der Waals surface area contributed by atoms with Crippen molar-refractivity contribution in [3.05, 3.63) is 29.8 Å². The Morgan fingerprint density at radius 3 is 2.62 bits per heavy atom. The highest BCUT2D eigenvalue weighted by atomic mass is 127. The second-order valence-corrected chi connectivity index (χ2v) is 6.70. The van der Waals surface area contributed by atoms with Gasteiger partial charge in [0.1, 0.15) is 12.4 Å². The van der Waals surface area contributed by atoms with Crippen LogP contribution in [-0.4, -0.2) is 44.1 Å². The van der Waals surface area contributed by atoms with Crippen molar-refractivity contribution in [2.75, 3.05) is 33.3 Å². The van der Waals surface area contributed by atoms with Crippen LogP contribution in [0.5, 0.6) is 5.75 Å². The van der Waals surface area contributed by atoms with E-state index in [0.29, 0.717) is 12.0 Å². The molecule has 0 saturated carbocycles. The molecule has 1 aromatic carbocycles. The van der Waals surface area contributed by atoms with Gasteiger partial charge in [-0.05, 0) is 36.0 Å². The van der Waals surface area contributed by atoms with E-state index in [4.69, 9.17) is 11.2 Å². The Hall–Kier alpha value is -1.42. The molecule has 2 rings (SSSR count). The summed E-state index contributed by atoms with van der Waals surface area (Å²) in [6, 6.07) is 8.08. The number of hydrogen-bond acceptors (Lipinski definition) is 2. The van der Waals surface area contributed by atoms with Gasteiger partial charge >= 0.3 is 0 Å². The Bertz CT molecular complexity index is 575. The molecule has 0 bridgehead atoms. The van der Waals surface area contributed by atoms with Crippen molar-refractivity contribution in [1.29, 1.82) is 0 Å². The molecule has 1 aromatic rings. The summed E-state index contributed by atoms with van der Waals surface area (Å²) in [5.41, 5.74) is 1.65. The maximum absolute atomic E-state index is 5.38. The van der Waals surface area contributed by atoms with E-state index in [1.54, 1.807) is 0 Å². The minimum absolute atomic E-state index is 0. The molecule has 0 aliphatic carbocycles. The predicted molar refractivity (Wildman–Crippen MR) is 111 cm³/mol. The summed E-state index contributed by atoms with van der Waals surface area (Å²) in [5, 5.41) is 3.46. The monoisotopic (exact) mass is 441 g/mol. The number of benzene rings is 1. The summed E-state index contributed by atoms with van der Waals surface area (Å²) in [6.07, 6.45) is 7.35. The first-order valence-corrected chi connectivity index (χ1v) is 8.15. The fraction of sp³-hybridized carbons (Fsp3) is 0.526. The van der Waals surface area contributed by atoms with Gasteiger partial charge in [-0.15, -0.1) is 30.4 Å². The molecule has 0 spiro atoms. The van der Waals surface area contributed by atoms with E-state index < -0.39 is 0 Å². The summed E-state index contributed by atoms with van der Waals surface area (Å²) < 4.78 is 5.38. The van der Waals surface area contributed by atoms with Crippen LogP contribution in [0.4, 0.5) is 0 Å². The SMILES string of the molecule is C#CCOc1ccc(CCNC(=NC)N2CCC(C)(C)C2)cc1.I. The second-order valence-electron chi connectivity index (χ2n) is 6.70. The average Bonchev–Trinajstić information content (AvgIpc) is 2.90. The molecule has 0 amide bonds. The van der Waals surface area contributed by atoms with E-state index in [0.717, 1.165) is 37.8 Å². The molecule has 0 unspecified atom stereocenters. The van der Waals surface area contributed by atoms with Crippen LogP contribution in [0.1, 0.15) is 25.8 Å². The third kappa shape index (κ3) is 6.23. The topological polar surface area (TPSA) is 36.9 Å². The lowest BCUT2D eigenvalue weighted by Crippen LogP contribution is -2.41. The van der Waals surface area contributed by atoms with Crippen LogP contribution in [0, 0.1) is 17.8 Å². The van der Waals surface area contributed by atoms with Crippen molar-refractivity contribution in [3.8, 4) is 18.1 Å². The van der Waals surface area contributed by atoms with Gasteiger partial charge in [0.15, 0.2) is 5.96 Å². The first-order chi connectivity index (χ1) is 11.0. The number of ether oxygens (including phenoxy) is 1. The summed E-state index contributed by atoms with van der Waals surface area (Å²) in [6.45, 7) is 7.94. The maximum atomic E-state index is 5.38. The Balaban J connectivity index is 0.00000288. The van der Waals surface area contributed by atoms with Crippen LogP contribution in [0.25, 0.3) is 0 Å². The summed E-state index contributed by atoms with van der Waals surface area (Å²) in [5.74, 6) is 4.29. The minimum Gasteiger partial charge on any atom is -0.481 e. The molecule has 24 heavy (non-hydrogen) atoms. The van der Waals surface area contributed by atoms with Crippen molar-refractivity contribution in [2.45, 2.75) is 26.7 Å². The van der Waals surface area contributed by atoms with Gasteiger partial charge in [0, 0.05) is 26.7 Å². The molecule has 1 heterocycles. The maximum Gasteiger partial charge on any atom is 0.193 e. The van der Waals surface area contributed by atoms with Gasteiger partial charge in [-0.2, -0.15) is 0 Å². The number of terminal acetylenes is 1. The molecule has 0 atom stereocenters. The third-order valence-corrected chi connectivity index (χ3v) is 4.13. The highest BCUT2D eigenvalue weighted by Crippen LogP contribution is 2.28. The number of hydrogen-bond donors (Lipinski definition) is 1. The number of rotatable bonds is 5. The van der Waals surface area contributed by atoms with Crippen LogP contribution in [0.3, 0.4) is 0 Å². The Kier molecular flexibility index (Phi) is 8.40. The lowest BCUT2D eigenvalue weighted by molar-refractivity contribution is 0.370. The molecular formula is C19H28IN3O. The molecule has 1 aliphatic heterocycles. The van der Waals surface area contributed by atoms with Crippen molar-refractivity contribution in [1.82, 2.24) is 10.2 Å². The van der Waals surface area contributed by atoms with Crippen LogP contribution in [0.2, 0.25) is 0 Å². The molecule has 1 N–H and O–H groups in total. The average molecular weight is 441 g/mol. The van der Waals surface area contributed by atoms with Gasteiger partial charge < -0.3 is 15.0 Å².